The van der Waals surface area contributed by atoms with Crippen molar-refractivity contribution >= 4 is 40.8 Å². The molecule has 1 amide bonds. The Morgan fingerprint density at radius 3 is 2.77 bits per heavy atom. The number of hydrogen-bond donors (Lipinski definition) is 1. The number of halogens is 3. The summed E-state index contributed by atoms with van der Waals surface area (Å²) in [4.78, 5) is 24.3. The monoisotopic (exact) mass is 397 g/mol. The largest absolute Gasteiger partial charge is 0.476 e. The van der Waals surface area contributed by atoms with Crippen molar-refractivity contribution in [2.75, 3.05) is 11.9 Å². The summed E-state index contributed by atoms with van der Waals surface area (Å²) in [6, 6.07) is 7.03. The number of nitrogens with one attached hydrogen (secondary N) is 1. The fourth-order valence-electron chi connectivity index (χ4n) is 2.65. The third-order valence-electron chi connectivity index (χ3n) is 3.85. The molecule has 1 N–H and O–H groups in total. The molecule has 0 radical (unpaired) electrons. The smallest absolute Gasteiger partial charge is 0.347 e. The van der Waals surface area contributed by atoms with Gasteiger partial charge in [-0.05, 0) is 25.1 Å². The predicted molar refractivity (Wildman–Crippen MR) is 95.6 cm³/mol. The molecule has 0 fully saturated rings. The van der Waals surface area contributed by atoms with E-state index in [2.05, 4.69) is 5.32 Å². The molecule has 1 heterocycles. The third-order valence-corrected chi connectivity index (χ3v) is 4.62. The van der Waals surface area contributed by atoms with Crippen LogP contribution in [0.3, 0.4) is 0 Å². The first-order chi connectivity index (χ1) is 12.4. The van der Waals surface area contributed by atoms with Crippen LogP contribution in [0.1, 0.15) is 22.8 Å². The van der Waals surface area contributed by atoms with Crippen LogP contribution in [0.2, 0.25) is 10.0 Å². The van der Waals surface area contributed by atoms with E-state index in [1.165, 1.54) is 24.3 Å². The van der Waals surface area contributed by atoms with Crippen LogP contribution >= 0.6 is 23.2 Å². The fraction of sp³-hybridized carbons (Fsp3) is 0.222. The number of amides is 1. The van der Waals surface area contributed by atoms with Gasteiger partial charge in [0, 0.05) is 17.7 Å². The standard InChI is InChI=1S/C18H14Cl2FNO4/c1-2-25-18(24)14-7-10-13(8-11(19)15(20)16(10)26-14)22-17(23)9-5-3-4-6-12(9)21/h3-6,8,14H,2,7H2,1H3,(H,22,23). The van der Waals surface area contributed by atoms with Crippen molar-refractivity contribution in [3.63, 3.8) is 0 Å². The Balaban J connectivity index is 1.92. The Kier molecular flexibility index (Phi) is 5.34. The molecule has 1 aliphatic rings. The molecule has 136 valence electrons. The average Bonchev–Trinajstić information content (AvgIpc) is 3.06. The molecule has 0 saturated heterocycles. The first-order valence-electron chi connectivity index (χ1n) is 7.82. The van der Waals surface area contributed by atoms with Gasteiger partial charge in [0.1, 0.15) is 16.6 Å². The Bertz CT molecular complexity index is 888. The van der Waals surface area contributed by atoms with Crippen LogP contribution in [-0.2, 0) is 16.0 Å². The molecule has 2 aromatic rings. The second kappa shape index (κ2) is 7.51. The zero-order chi connectivity index (χ0) is 18.8. The summed E-state index contributed by atoms with van der Waals surface area (Å²) in [5.74, 6) is -1.63. The van der Waals surface area contributed by atoms with E-state index in [9.17, 15) is 14.0 Å². The highest BCUT2D eigenvalue weighted by molar-refractivity contribution is 6.43. The van der Waals surface area contributed by atoms with E-state index in [-0.39, 0.29) is 34.4 Å². The van der Waals surface area contributed by atoms with Crippen molar-refractivity contribution in [1.29, 1.82) is 0 Å². The van der Waals surface area contributed by atoms with Crippen LogP contribution in [0, 0.1) is 5.82 Å². The van der Waals surface area contributed by atoms with Crippen LogP contribution in [-0.4, -0.2) is 24.6 Å². The fourth-order valence-corrected chi connectivity index (χ4v) is 3.06. The summed E-state index contributed by atoms with van der Waals surface area (Å²) in [6.07, 6.45) is -0.733. The van der Waals surface area contributed by atoms with Crippen molar-refractivity contribution in [3.05, 3.63) is 57.3 Å². The molecule has 0 saturated carbocycles. The average molecular weight is 398 g/mol. The van der Waals surface area contributed by atoms with Gasteiger partial charge in [-0.25, -0.2) is 9.18 Å². The number of benzene rings is 2. The molecule has 1 atom stereocenters. The third kappa shape index (κ3) is 3.48. The van der Waals surface area contributed by atoms with E-state index in [0.29, 0.717) is 11.3 Å². The molecular weight excluding hydrogens is 384 g/mol. The summed E-state index contributed by atoms with van der Waals surface area (Å²) in [7, 11) is 0. The van der Waals surface area contributed by atoms with Gasteiger partial charge in [0.15, 0.2) is 6.10 Å². The maximum Gasteiger partial charge on any atom is 0.347 e. The highest BCUT2D eigenvalue weighted by Crippen LogP contribution is 2.45. The highest BCUT2D eigenvalue weighted by atomic mass is 35.5. The van der Waals surface area contributed by atoms with Crippen molar-refractivity contribution in [2.24, 2.45) is 0 Å². The van der Waals surface area contributed by atoms with Crippen molar-refractivity contribution in [3.8, 4) is 5.75 Å². The van der Waals surface area contributed by atoms with Gasteiger partial charge in [-0.15, -0.1) is 0 Å². The maximum absolute atomic E-state index is 13.8. The SMILES string of the molecule is CCOC(=O)C1Cc2c(NC(=O)c3ccccc3F)cc(Cl)c(Cl)c2O1. The van der Waals surface area contributed by atoms with Crippen LogP contribution < -0.4 is 10.1 Å². The molecule has 0 spiro atoms. The minimum Gasteiger partial charge on any atom is -0.476 e. The second-order valence-corrected chi connectivity index (χ2v) is 6.31. The summed E-state index contributed by atoms with van der Waals surface area (Å²) < 4.78 is 24.3. The summed E-state index contributed by atoms with van der Waals surface area (Å²) in [5.41, 5.74) is 0.685. The van der Waals surface area contributed by atoms with Crippen molar-refractivity contribution in [2.45, 2.75) is 19.4 Å². The van der Waals surface area contributed by atoms with Gasteiger partial charge in [-0.3, -0.25) is 4.79 Å². The molecule has 1 aliphatic heterocycles. The Hall–Kier alpha value is -2.31. The molecule has 1 unspecified atom stereocenters. The van der Waals surface area contributed by atoms with Gasteiger partial charge in [0.2, 0.25) is 0 Å². The van der Waals surface area contributed by atoms with Crippen molar-refractivity contribution in [1.82, 2.24) is 0 Å². The lowest BCUT2D eigenvalue weighted by Crippen LogP contribution is -2.27. The lowest BCUT2D eigenvalue weighted by atomic mass is 10.1. The van der Waals surface area contributed by atoms with Gasteiger partial charge in [-0.1, -0.05) is 35.3 Å². The van der Waals surface area contributed by atoms with E-state index in [0.717, 1.165) is 0 Å². The minimum atomic E-state index is -0.884. The molecule has 0 aromatic heterocycles. The van der Waals surface area contributed by atoms with Gasteiger partial charge in [0.05, 0.1) is 17.2 Å². The Morgan fingerprint density at radius 1 is 1.35 bits per heavy atom. The van der Waals surface area contributed by atoms with E-state index >= 15 is 0 Å². The summed E-state index contributed by atoms with van der Waals surface area (Å²) in [6.45, 7) is 1.89. The second-order valence-electron chi connectivity index (χ2n) is 5.52. The number of carbonyl (C=O) groups is 2. The molecule has 5 nitrogen and oxygen atoms in total. The molecular formula is C18H14Cl2FNO4. The summed E-state index contributed by atoms with van der Waals surface area (Å²) in [5, 5.41) is 2.88. The molecule has 26 heavy (non-hydrogen) atoms. The number of anilines is 1. The quantitative estimate of drug-likeness (QED) is 0.783. The Morgan fingerprint density at radius 2 is 2.08 bits per heavy atom. The highest BCUT2D eigenvalue weighted by Gasteiger charge is 2.35. The zero-order valence-corrected chi connectivity index (χ0v) is 15.2. The number of esters is 1. The molecule has 0 bridgehead atoms. The van der Waals surface area contributed by atoms with Crippen LogP contribution in [0.5, 0.6) is 5.75 Å². The number of carbonyl (C=O) groups excluding carboxylic acids is 2. The first kappa shape index (κ1) is 18.5. The maximum atomic E-state index is 13.8. The van der Waals surface area contributed by atoms with E-state index < -0.39 is 23.8 Å². The predicted octanol–water partition coefficient (Wildman–Crippen LogP) is 4.25. The first-order valence-corrected chi connectivity index (χ1v) is 8.58. The van der Waals surface area contributed by atoms with Crippen LogP contribution in [0.15, 0.2) is 30.3 Å². The summed E-state index contributed by atoms with van der Waals surface area (Å²) >= 11 is 12.2. The van der Waals surface area contributed by atoms with Gasteiger partial charge >= 0.3 is 5.97 Å². The lowest BCUT2D eigenvalue weighted by Gasteiger charge is -2.12. The zero-order valence-electron chi connectivity index (χ0n) is 13.6. The van der Waals surface area contributed by atoms with Gasteiger partial charge in [0.25, 0.3) is 5.91 Å². The Labute approximate surface area is 159 Å². The van der Waals surface area contributed by atoms with Crippen molar-refractivity contribution < 1.29 is 23.5 Å². The van der Waals surface area contributed by atoms with E-state index in [1.54, 1.807) is 13.0 Å². The van der Waals surface area contributed by atoms with E-state index in [1.807, 2.05) is 0 Å². The molecule has 0 aliphatic carbocycles. The normalized spacial score (nSPS) is 15.2. The minimum absolute atomic E-state index is 0.117. The van der Waals surface area contributed by atoms with Gasteiger partial charge in [-0.2, -0.15) is 0 Å². The number of ether oxygens (including phenoxy) is 2. The number of fused-ring (bicyclic) bond motifs is 1. The van der Waals surface area contributed by atoms with Crippen LogP contribution in [0.4, 0.5) is 10.1 Å². The molecule has 3 rings (SSSR count). The van der Waals surface area contributed by atoms with Crippen LogP contribution in [0.25, 0.3) is 0 Å². The topological polar surface area (TPSA) is 64.6 Å². The molecule has 8 heteroatoms. The van der Waals surface area contributed by atoms with Gasteiger partial charge < -0.3 is 14.8 Å². The lowest BCUT2D eigenvalue weighted by molar-refractivity contribution is -0.150. The molecule has 2 aromatic carbocycles. The van der Waals surface area contributed by atoms with E-state index in [4.69, 9.17) is 32.7 Å². The number of rotatable bonds is 4. The number of hydrogen-bond acceptors (Lipinski definition) is 4.